The van der Waals surface area contributed by atoms with E-state index in [9.17, 15) is 9.59 Å². The zero-order valence-corrected chi connectivity index (χ0v) is 13.4. The van der Waals surface area contributed by atoms with Crippen molar-refractivity contribution < 1.29 is 14.3 Å². The number of rotatable bonds is 5. The summed E-state index contributed by atoms with van der Waals surface area (Å²) in [5.74, 6) is -0.953. The molecule has 0 spiro atoms. The first-order valence-electron chi connectivity index (χ1n) is 6.91. The van der Waals surface area contributed by atoms with E-state index in [1.54, 1.807) is 12.1 Å². The lowest BCUT2D eigenvalue weighted by molar-refractivity contribution is -0.123. The van der Waals surface area contributed by atoms with E-state index in [0.717, 1.165) is 17.1 Å². The molecule has 1 amide bonds. The normalized spacial score (nSPS) is 11.8. The van der Waals surface area contributed by atoms with E-state index >= 15 is 0 Å². The smallest absolute Gasteiger partial charge is 0.352 e. The first-order chi connectivity index (χ1) is 10.5. The monoisotopic (exact) mass is 319 g/mol. The van der Waals surface area contributed by atoms with E-state index in [-0.39, 0.29) is 5.91 Å². The number of carbonyl (C=O) groups excluding carboxylic acids is 2. The van der Waals surface area contributed by atoms with Crippen molar-refractivity contribution in [3.63, 3.8) is 0 Å². The molecule has 0 aliphatic carbocycles. The first kappa shape index (κ1) is 16.1. The number of anilines is 1. The van der Waals surface area contributed by atoms with Crippen LogP contribution in [0.3, 0.4) is 0 Å². The zero-order chi connectivity index (χ0) is 16.1. The number of hydrogen-bond acceptors (Lipinski definition) is 6. The Labute approximate surface area is 132 Å². The Morgan fingerprint density at radius 3 is 2.64 bits per heavy atom. The summed E-state index contributed by atoms with van der Waals surface area (Å²) in [6.07, 6.45) is -0.314. The number of nitrogens with zero attached hydrogens (tertiary/aromatic N) is 2. The SMILES string of the molecule is CCc1nnsc1C(=O)O[C@@H](C)C(=O)Nc1ccc(C)cc1. The van der Waals surface area contributed by atoms with Gasteiger partial charge in [-0.15, -0.1) is 5.10 Å². The van der Waals surface area contributed by atoms with Gasteiger partial charge in [-0.05, 0) is 43.9 Å². The average molecular weight is 319 g/mol. The summed E-state index contributed by atoms with van der Waals surface area (Å²) in [6.45, 7) is 5.37. The molecule has 0 bridgehead atoms. The predicted octanol–water partition coefficient (Wildman–Crippen LogP) is 2.59. The van der Waals surface area contributed by atoms with Crippen LogP contribution in [0, 0.1) is 6.92 Å². The summed E-state index contributed by atoms with van der Waals surface area (Å²) < 4.78 is 8.91. The standard InChI is InChI=1S/C15H17N3O3S/c1-4-12-13(22-18-17-12)15(20)21-10(3)14(19)16-11-7-5-9(2)6-8-11/h5-8,10H,4H2,1-3H3,(H,16,19)/t10-/m0/s1. The van der Waals surface area contributed by atoms with Gasteiger partial charge in [0.2, 0.25) is 0 Å². The van der Waals surface area contributed by atoms with Crippen LogP contribution in [0.5, 0.6) is 0 Å². The van der Waals surface area contributed by atoms with Crippen LogP contribution < -0.4 is 5.32 Å². The van der Waals surface area contributed by atoms with E-state index in [1.165, 1.54) is 6.92 Å². The number of hydrogen-bond donors (Lipinski definition) is 1. The third kappa shape index (κ3) is 3.88. The number of benzene rings is 1. The highest BCUT2D eigenvalue weighted by Gasteiger charge is 2.22. The number of aromatic nitrogens is 2. The topological polar surface area (TPSA) is 81.2 Å². The van der Waals surface area contributed by atoms with Gasteiger partial charge in [0.1, 0.15) is 0 Å². The van der Waals surface area contributed by atoms with Crippen molar-refractivity contribution in [1.82, 2.24) is 9.59 Å². The molecule has 1 aromatic carbocycles. The van der Waals surface area contributed by atoms with Crippen LogP contribution in [-0.4, -0.2) is 27.6 Å². The van der Waals surface area contributed by atoms with Crippen molar-refractivity contribution in [3.8, 4) is 0 Å². The van der Waals surface area contributed by atoms with Gasteiger partial charge in [-0.3, -0.25) is 4.79 Å². The largest absolute Gasteiger partial charge is 0.448 e. The van der Waals surface area contributed by atoms with Crippen LogP contribution in [0.2, 0.25) is 0 Å². The predicted molar refractivity (Wildman–Crippen MR) is 84.0 cm³/mol. The highest BCUT2D eigenvalue weighted by Crippen LogP contribution is 2.15. The van der Waals surface area contributed by atoms with Gasteiger partial charge < -0.3 is 10.1 Å². The van der Waals surface area contributed by atoms with Gasteiger partial charge in [-0.25, -0.2) is 4.79 Å². The maximum Gasteiger partial charge on any atom is 0.352 e. The molecule has 1 aromatic heterocycles. The Morgan fingerprint density at radius 2 is 2.00 bits per heavy atom. The summed E-state index contributed by atoms with van der Waals surface area (Å²) >= 11 is 0.974. The van der Waals surface area contributed by atoms with Gasteiger partial charge in [-0.2, -0.15) is 0 Å². The molecule has 0 aliphatic heterocycles. The maximum atomic E-state index is 12.0. The quantitative estimate of drug-likeness (QED) is 0.857. The fraction of sp³-hybridized carbons (Fsp3) is 0.333. The summed E-state index contributed by atoms with van der Waals surface area (Å²) in [7, 11) is 0. The Morgan fingerprint density at radius 1 is 1.32 bits per heavy atom. The van der Waals surface area contributed by atoms with Gasteiger partial charge in [0, 0.05) is 5.69 Å². The molecule has 1 heterocycles. The number of carbonyl (C=O) groups is 2. The lowest BCUT2D eigenvalue weighted by Gasteiger charge is -2.13. The second-order valence-corrected chi connectivity index (χ2v) is 5.56. The Bertz CT molecular complexity index is 667. The van der Waals surface area contributed by atoms with Crippen LogP contribution in [0.25, 0.3) is 0 Å². The molecule has 116 valence electrons. The summed E-state index contributed by atoms with van der Waals surface area (Å²) in [5.41, 5.74) is 2.34. The fourth-order valence-electron chi connectivity index (χ4n) is 1.74. The van der Waals surface area contributed by atoms with Crippen LogP contribution >= 0.6 is 11.5 Å². The fourth-order valence-corrected chi connectivity index (χ4v) is 2.38. The van der Waals surface area contributed by atoms with Crippen LogP contribution in [0.4, 0.5) is 5.69 Å². The van der Waals surface area contributed by atoms with E-state index in [1.807, 2.05) is 26.0 Å². The number of aryl methyl sites for hydroxylation is 2. The molecule has 2 rings (SSSR count). The Hall–Kier alpha value is -2.28. The Kier molecular flexibility index (Phi) is 5.21. The van der Waals surface area contributed by atoms with E-state index < -0.39 is 12.1 Å². The van der Waals surface area contributed by atoms with Crippen LogP contribution in [0.1, 0.15) is 34.8 Å². The molecule has 0 saturated carbocycles. The summed E-state index contributed by atoms with van der Waals surface area (Å²) in [5, 5.41) is 6.56. The van der Waals surface area contributed by atoms with Gasteiger partial charge >= 0.3 is 5.97 Å². The lowest BCUT2D eigenvalue weighted by Crippen LogP contribution is -2.30. The van der Waals surface area contributed by atoms with Crippen molar-refractivity contribution in [3.05, 3.63) is 40.4 Å². The molecule has 6 nitrogen and oxygen atoms in total. The van der Waals surface area contributed by atoms with Gasteiger partial charge in [0.15, 0.2) is 11.0 Å². The molecule has 1 atom stereocenters. The molecule has 1 N–H and O–H groups in total. The molecule has 2 aromatic rings. The zero-order valence-electron chi connectivity index (χ0n) is 12.6. The van der Waals surface area contributed by atoms with E-state index in [4.69, 9.17) is 4.74 Å². The second kappa shape index (κ2) is 7.13. The minimum atomic E-state index is -0.902. The van der Waals surface area contributed by atoms with Gasteiger partial charge in [0.25, 0.3) is 5.91 Å². The number of esters is 1. The van der Waals surface area contributed by atoms with Crippen LogP contribution in [0.15, 0.2) is 24.3 Å². The number of amides is 1. The minimum absolute atomic E-state index is 0.345. The minimum Gasteiger partial charge on any atom is -0.448 e. The molecule has 0 unspecified atom stereocenters. The second-order valence-electron chi connectivity index (χ2n) is 4.81. The van der Waals surface area contributed by atoms with Gasteiger partial charge in [0.05, 0.1) is 5.69 Å². The summed E-state index contributed by atoms with van der Waals surface area (Å²) in [4.78, 5) is 24.4. The molecular weight excluding hydrogens is 302 g/mol. The van der Waals surface area contributed by atoms with Crippen LogP contribution in [-0.2, 0) is 16.0 Å². The van der Waals surface area contributed by atoms with Crippen molar-refractivity contribution in [2.45, 2.75) is 33.3 Å². The molecule has 7 heteroatoms. The number of nitrogens with one attached hydrogen (secondary N) is 1. The van der Waals surface area contributed by atoms with Crippen molar-refractivity contribution in [1.29, 1.82) is 0 Å². The van der Waals surface area contributed by atoms with Gasteiger partial charge in [-0.1, -0.05) is 29.1 Å². The molecule has 22 heavy (non-hydrogen) atoms. The van der Waals surface area contributed by atoms with Crippen molar-refractivity contribution in [2.75, 3.05) is 5.32 Å². The molecule has 0 fully saturated rings. The van der Waals surface area contributed by atoms with Crippen molar-refractivity contribution >= 4 is 29.1 Å². The average Bonchev–Trinajstić information content (AvgIpc) is 2.98. The van der Waals surface area contributed by atoms with E-state index in [0.29, 0.717) is 22.7 Å². The third-order valence-electron chi connectivity index (χ3n) is 3.05. The Balaban J connectivity index is 1.96. The molecule has 0 radical (unpaired) electrons. The lowest BCUT2D eigenvalue weighted by atomic mass is 10.2. The molecule has 0 saturated heterocycles. The number of ether oxygens (including phenoxy) is 1. The summed E-state index contributed by atoms with van der Waals surface area (Å²) in [6, 6.07) is 7.37. The first-order valence-corrected chi connectivity index (χ1v) is 7.68. The molecule has 0 aliphatic rings. The maximum absolute atomic E-state index is 12.0. The highest BCUT2D eigenvalue weighted by atomic mass is 32.1. The molecular formula is C15H17N3O3S. The third-order valence-corrected chi connectivity index (χ3v) is 3.80. The highest BCUT2D eigenvalue weighted by molar-refractivity contribution is 7.07. The van der Waals surface area contributed by atoms with E-state index in [2.05, 4.69) is 14.9 Å². The van der Waals surface area contributed by atoms with Crippen molar-refractivity contribution in [2.24, 2.45) is 0 Å².